The van der Waals surface area contributed by atoms with Gasteiger partial charge in [-0.05, 0) is 161 Å². The van der Waals surface area contributed by atoms with E-state index in [0.717, 1.165) is 22.7 Å². The summed E-state index contributed by atoms with van der Waals surface area (Å²) >= 11 is 0. The van der Waals surface area contributed by atoms with E-state index in [1.807, 2.05) is 0 Å². The highest BCUT2D eigenvalue weighted by atomic mass is 15.1. The van der Waals surface area contributed by atoms with Crippen molar-refractivity contribution in [2.75, 3.05) is 9.80 Å². The minimum atomic E-state index is 1.13. The van der Waals surface area contributed by atoms with Crippen LogP contribution in [0.3, 0.4) is 0 Å². The summed E-state index contributed by atoms with van der Waals surface area (Å²) in [6.45, 7) is 0. The van der Waals surface area contributed by atoms with Gasteiger partial charge in [0.05, 0.1) is 11.4 Å². The van der Waals surface area contributed by atoms with Crippen LogP contribution in [0, 0.1) is 0 Å². The van der Waals surface area contributed by atoms with Crippen LogP contribution < -0.4 is 9.80 Å². The molecule has 0 saturated carbocycles. The van der Waals surface area contributed by atoms with Crippen LogP contribution in [-0.4, -0.2) is 0 Å². The number of rotatable bonds is 6. The second-order valence-electron chi connectivity index (χ2n) is 16.5. The molecule has 1 aliphatic rings. The van der Waals surface area contributed by atoms with Crippen LogP contribution in [0.25, 0.3) is 86.9 Å². The number of hydrogen-bond donors (Lipinski definition) is 0. The van der Waals surface area contributed by atoms with Gasteiger partial charge in [0.2, 0.25) is 0 Å². The number of hydrogen-bond acceptors (Lipinski definition) is 2. The lowest BCUT2D eigenvalue weighted by Crippen LogP contribution is -2.10. The van der Waals surface area contributed by atoms with Gasteiger partial charge in [-0.1, -0.05) is 146 Å². The first-order valence-electron chi connectivity index (χ1n) is 21.4. The van der Waals surface area contributed by atoms with Crippen LogP contribution >= 0.6 is 0 Å². The first kappa shape index (κ1) is 34.6. The smallest absolute Gasteiger partial charge is 0.0546 e. The molecule has 0 N–H and O–H groups in total. The van der Waals surface area contributed by atoms with Gasteiger partial charge in [0.25, 0.3) is 0 Å². The lowest BCUT2D eigenvalue weighted by Gasteiger charge is -2.29. The number of fused-ring (bicyclic) bond motifs is 12. The number of nitrogens with zero attached hydrogens (tertiary/aromatic N) is 2. The molecule has 0 aromatic heterocycles. The van der Waals surface area contributed by atoms with Crippen molar-refractivity contribution in [3.63, 3.8) is 0 Å². The van der Waals surface area contributed by atoms with E-state index < -0.39 is 0 Å². The number of benzene rings is 12. The molecule has 2 heteroatoms. The van der Waals surface area contributed by atoms with Gasteiger partial charge >= 0.3 is 0 Å². The van der Waals surface area contributed by atoms with Crippen molar-refractivity contribution in [1.82, 2.24) is 0 Å². The van der Waals surface area contributed by atoms with Crippen LogP contribution in [-0.2, 0) is 0 Å². The maximum Gasteiger partial charge on any atom is 0.0546 e. The Morgan fingerprint density at radius 1 is 0.210 bits per heavy atom. The molecule has 2 nitrogen and oxygen atoms in total. The Morgan fingerprint density at radius 3 is 1.02 bits per heavy atom. The molecular weight excluding hydrogens is 749 g/mol. The van der Waals surface area contributed by atoms with Crippen LogP contribution in [0.2, 0.25) is 0 Å². The molecule has 0 radical (unpaired) electrons. The summed E-state index contributed by atoms with van der Waals surface area (Å²) in [6.07, 6.45) is 0. The first-order valence-corrected chi connectivity index (χ1v) is 21.4. The standard InChI is InChI=1S/C60H38N2/c1-3-17-47(18-4-1)61(57-23-11-15-41-27-25-39-13-7-9-21-51(39)59(41)57)49-31-29-43-35-53-54-36-44-30-32-50(34-46(44)38-56(54)55(53)37-45(43)33-49)62(48-19-5-2-6-20-48)58-24-12-16-42-28-26-40-14-8-10-22-52(40)60(42)58/h1-38H. The average molecular weight is 787 g/mol. The fourth-order valence-electron chi connectivity index (χ4n) is 10.1. The van der Waals surface area contributed by atoms with Gasteiger partial charge in [-0.2, -0.15) is 0 Å². The Hall–Kier alpha value is -8.20. The van der Waals surface area contributed by atoms with Gasteiger partial charge in [0, 0.05) is 33.5 Å². The van der Waals surface area contributed by atoms with E-state index in [-0.39, 0.29) is 0 Å². The molecule has 12 aromatic carbocycles. The Morgan fingerprint density at radius 2 is 0.565 bits per heavy atom. The molecule has 0 saturated heterocycles. The average Bonchev–Trinajstić information content (AvgIpc) is 3.33. The molecule has 0 amide bonds. The summed E-state index contributed by atoms with van der Waals surface area (Å²) in [6, 6.07) is 84.8. The normalized spacial score (nSPS) is 11.9. The predicted molar refractivity (Wildman–Crippen MR) is 265 cm³/mol. The molecule has 13 rings (SSSR count). The lowest BCUT2D eigenvalue weighted by atomic mass is 9.78. The van der Waals surface area contributed by atoms with E-state index in [1.54, 1.807) is 0 Å². The minimum Gasteiger partial charge on any atom is -0.310 e. The fraction of sp³-hybridized carbons (Fsp3) is 0. The van der Waals surface area contributed by atoms with Crippen molar-refractivity contribution in [3.8, 4) is 22.3 Å². The fourth-order valence-corrected chi connectivity index (χ4v) is 10.1. The third kappa shape index (κ3) is 5.37. The molecule has 12 aromatic rings. The molecule has 0 fully saturated rings. The van der Waals surface area contributed by atoms with Crippen molar-refractivity contribution in [1.29, 1.82) is 0 Å². The van der Waals surface area contributed by atoms with Gasteiger partial charge in [-0.3, -0.25) is 0 Å². The summed E-state index contributed by atoms with van der Waals surface area (Å²) < 4.78 is 0. The summed E-state index contributed by atoms with van der Waals surface area (Å²) in [5, 5.41) is 14.9. The van der Waals surface area contributed by atoms with E-state index in [0.29, 0.717) is 0 Å². The highest BCUT2D eigenvalue weighted by molar-refractivity contribution is 6.18. The Labute approximate surface area is 359 Å². The molecule has 0 spiro atoms. The van der Waals surface area contributed by atoms with Crippen LogP contribution in [0.4, 0.5) is 34.1 Å². The van der Waals surface area contributed by atoms with Gasteiger partial charge in [-0.25, -0.2) is 0 Å². The molecule has 0 heterocycles. The Balaban J connectivity index is 0.942. The summed E-state index contributed by atoms with van der Waals surface area (Å²) in [4.78, 5) is 4.85. The quantitative estimate of drug-likeness (QED) is 0.155. The molecule has 0 atom stereocenters. The van der Waals surface area contributed by atoms with Crippen molar-refractivity contribution in [3.05, 3.63) is 231 Å². The molecule has 1 aliphatic carbocycles. The minimum absolute atomic E-state index is 1.13. The van der Waals surface area contributed by atoms with Crippen molar-refractivity contribution in [2.24, 2.45) is 0 Å². The van der Waals surface area contributed by atoms with E-state index in [1.165, 1.54) is 98.3 Å². The third-order valence-corrected chi connectivity index (χ3v) is 13.0. The molecule has 62 heavy (non-hydrogen) atoms. The summed E-state index contributed by atoms with van der Waals surface area (Å²) in [5.74, 6) is 0. The molecule has 0 aliphatic heterocycles. The zero-order chi connectivity index (χ0) is 40.7. The monoisotopic (exact) mass is 786 g/mol. The zero-order valence-electron chi connectivity index (χ0n) is 33.8. The van der Waals surface area contributed by atoms with Crippen molar-refractivity contribution in [2.45, 2.75) is 0 Å². The van der Waals surface area contributed by atoms with E-state index in [9.17, 15) is 0 Å². The van der Waals surface area contributed by atoms with E-state index in [4.69, 9.17) is 0 Å². The van der Waals surface area contributed by atoms with Crippen molar-refractivity contribution < 1.29 is 0 Å². The lowest BCUT2D eigenvalue weighted by molar-refractivity contribution is 1.30. The second-order valence-corrected chi connectivity index (χ2v) is 16.5. The maximum absolute atomic E-state index is 2.42. The summed E-state index contributed by atoms with van der Waals surface area (Å²) in [5.41, 5.74) is 12.1. The number of para-hydroxylation sites is 2. The van der Waals surface area contributed by atoms with E-state index >= 15 is 0 Å². The molecular formula is C60H38N2. The Kier molecular flexibility index (Phi) is 7.64. The van der Waals surface area contributed by atoms with Crippen LogP contribution in [0.1, 0.15) is 0 Å². The highest BCUT2D eigenvalue weighted by Crippen LogP contribution is 2.52. The van der Waals surface area contributed by atoms with Gasteiger partial charge < -0.3 is 9.80 Å². The van der Waals surface area contributed by atoms with Crippen LogP contribution in [0.15, 0.2) is 231 Å². The van der Waals surface area contributed by atoms with Gasteiger partial charge in [0.1, 0.15) is 0 Å². The molecule has 288 valence electrons. The first-order chi connectivity index (χ1) is 30.7. The second kappa shape index (κ2) is 13.7. The van der Waals surface area contributed by atoms with E-state index in [2.05, 4.69) is 240 Å². The van der Waals surface area contributed by atoms with Gasteiger partial charge in [-0.15, -0.1) is 0 Å². The maximum atomic E-state index is 2.42. The van der Waals surface area contributed by atoms with Crippen molar-refractivity contribution >= 4 is 98.8 Å². The molecule has 0 bridgehead atoms. The third-order valence-electron chi connectivity index (χ3n) is 13.0. The Bertz CT molecular complexity index is 3510. The summed E-state index contributed by atoms with van der Waals surface area (Å²) in [7, 11) is 0. The topological polar surface area (TPSA) is 6.48 Å². The predicted octanol–water partition coefficient (Wildman–Crippen LogP) is 17.2. The SMILES string of the molecule is c1ccc(N(c2ccc3cc4c(cc3c2)-c2cc3cc(N(c5ccccc5)c5cccc6ccc7ccccc7c56)ccc3cc2-4)c2cccc3ccc4ccccc4c23)cc1. The molecule has 0 unspecified atom stereocenters. The van der Waals surface area contributed by atoms with Gasteiger partial charge in [0.15, 0.2) is 0 Å². The number of anilines is 6. The largest absolute Gasteiger partial charge is 0.310 e. The van der Waals surface area contributed by atoms with Crippen LogP contribution in [0.5, 0.6) is 0 Å². The highest BCUT2D eigenvalue weighted by Gasteiger charge is 2.26. The zero-order valence-corrected chi connectivity index (χ0v) is 33.8.